The molecule has 2 atom stereocenters. The van der Waals surface area contributed by atoms with Crippen LogP contribution in [0.3, 0.4) is 0 Å². The summed E-state index contributed by atoms with van der Waals surface area (Å²) < 4.78 is 5.61. The first-order valence-corrected chi connectivity index (χ1v) is 6.32. The van der Waals surface area contributed by atoms with E-state index in [2.05, 4.69) is 5.32 Å². The molecule has 4 heteroatoms. The normalized spacial score (nSPS) is 23.8. The average molecular weight is 248 g/mol. The molecule has 0 aromatic heterocycles. The first-order valence-electron chi connectivity index (χ1n) is 6.32. The second-order valence-electron chi connectivity index (χ2n) is 4.96. The Labute approximate surface area is 108 Å². The summed E-state index contributed by atoms with van der Waals surface area (Å²) in [6, 6.07) is 7.76. The van der Waals surface area contributed by atoms with Gasteiger partial charge in [0.15, 0.2) is 0 Å². The molecule has 1 saturated heterocycles. The molecule has 98 valence electrons. The molecule has 1 aliphatic rings. The van der Waals surface area contributed by atoms with Crippen LogP contribution in [-0.4, -0.2) is 36.2 Å². The van der Waals surface area contributed by atoms with Gasteiger partial charge in [0.25, 0.3) is 0 Å². The van der Waals surface area contributed by atoms with Crippen molar-refractivity contribution >= 4 is 11.7 Å². The summed E-state index contributed by atoms with van der Waals surface area (Å²) in [5.41, 5.74) is 1.98. The van der Waals surface area contributed by atoms with E-state index in [1.165, 1.54) is 0 Å². The van der Waals surface area contributed by atoms with Crippen molar-refractivity contribution in [2.75, 3.05) is 18.4 Å². The van der Waals surface area contributed by atoms with E-state index in [1.807, 2.05) is 45.0 Å². The van der Waals surface area contributed by atoms with E-state index >= 15 is 0 Å². The van der Waals surface area contributed by atoms with Gasteiger partial charge in [0, 0.05) is 18.8 Å². The van der Waals surface area contributed by atoms with Gasteiger partial charge in [-0.15, -0.1) is 0 Å². The minimum atomic E-state index is -0.0531. The third-order valence-electron chi connectivity index (χ3n) is 2.98. The number of hydrogen-bond donors (Lipinski definition) is 1. The lowest BCUT2D eigenvalue weighted by atomic mass is 10.2. The first-order chi connectivity index (χ1) is 8.54. The van der Waals surface area contributed by atoms with Crippen LogP contribution in [0.15, 0.2) is 24.3 Å². The van der Waals surface area contributed by atoms with Crippen LogP contribution in [0.4, 0.5) is 10.5 Å². The summed E-state index contributed by atoms with van der Waals surface area (Å²) in [4.78, 5) is 13.9. The van der Waals surface area contributed by atoms with Crippen LogP contribution in [-0.2, 0) is 4.74 Å². The molecule has 1 fully saturated rings. The molecule has 0 bridgehead atoms. The fourth-order valence-corrected chi connectivity index (χ4v) is 2.27. The Balaban J connectivity index is 1.99. The van der Waals surface area contributed by atoms with Crippen LogP contribution < -0.4 is 5.32 Å². The summed E-state index contributed by atoms with van der Waals surface area (Å²) in [6.07, 6.45) is 0.189. The highest BCUT2D eigenvalue weighted by atomic mass is 16.5. The van der Waals surface area contributed by atoms with Crippen molar-refractivity contribution in [3.63, 3.8) is 0 Å². The number of urea groups is 1. The fourth-order valence-electron chi connectivity index (χ4n) is 2.27. The lowest BCUT2D eigenvalue weighted by Crippen LogP contribution is -2.49. The van der Waals surface area contributed by atoms with Crippen molar-refractivity contribution < 1.29 is 9.53 Å². The third kappa shape index (κ3) is 3.23. The van der Waals surface area contributed by atoms with Crippen LogP contribution in [0, 0.1) is 6.92 Å². The molecule has 0 radical (unpaired) electrons. The predicted molar refractivity (Wildman–Crippen MR) is 71.8 cm³/mol. The van der Waals surface area contributed by atoms with E-state index in [0.717, 1.165) is 11.3 Å². The number of morpholine rings is 1. The molecule has 2 unspecified atom stereocenters. The van der Waals surface area contributed by atoms with Crippen molar-refractivity contribution in [1.82, 2.24) is 4.90 Å². The largest absolute Gasteiger partial charge is 0.372 e. The van der Waals surface area contributed by atoms with E-state index in [-0.39, 0.29) is 18.2 Å². The standard InChI is InChI=1S/C14H20N2O2/c1-10-5-4-6-13(7-10)15-14(17)16-8-11(2)18-12(3)9-16/h4-7,11-12H,8-9H2,1-3H3,(H,15,17). The number of nitrogens with one attached hydrogen (secondary N) is 1. The van der Waals surface area contributed by atoms with Gasteiger partial charge in [-0.2, -0.15) is 0 Å². The number of hydrogen-bond acceptors (Lipinski definition) is 2. The van der Waals surface area contributed by atoms with E-state index in [1.54, 1.807) is 4.90 Å². The minimum absolute atomic E-state index is 0.0531. The number of carbonyl (C=O) groups is 1. The smallest absolute Gasteiger partial charge is 0.322 e. The molecule has 1 aliphatic heterocycles. The molecule has 0 saturated carbocycles. The zero-order chi connectivity index (χ0) is 13.1. The minimum Gasteiger partial charge on any atom is -0.372 e. The van der Waals surface area contributed by atoms with Gasteiger partial charge in [0.1, 0.15) is 0 Å². The van der Waals surface area contributed by atoms with Gasteiger partial charge >= 0.3 is 6.03 Å². The molecule has 2 rings (SSSR count). The summed E-state index contributed by atoms with van der Waals surface area (Å²) >= 11 is 0. The Morgan fingerprint density at radius 3 is 2.61 bits per heavy atom. The second-order valence-corrected chi connectivity index (χ2v) is 4.96. The topological polar surface area (TPSA) is 41.6 Å². The van der Waals surface area contributed by atoms with Crippen LogP contribution >= 0.6 is 0 Å². The SMILES string of the molecule is Cc1cccc(NC(=O)N2CC(C)OC(C)C2)c1. The summed E-state index contributed by atoms with van der Waals surface area (Å²) in [5.74, 6) is 0. The predicted octanol–water partition coefficient (Wildman–Crippen LogP) is 2.64. The molecule has 0 aliphatic carbocycles. The first kappa shape index (κ1) is 12.9. The number of aryl methyl sites for hydroxylation is 1. The van der Waals surface area contributed by atoms with E-state index in [4.69, 9.17) is 4.74 Å². The number of carbonyl (C=O) groups excluding carboxylic acids is 1. The highest BCUT2D eigenvalue weighted by molar-refractivity contribution is 5.89. The number of amides is 2. The molecule has 1 N–H and O–H groups in total. The number of rotatable bonds is 1. The van der Waals surface area contributed by atoms with Gasteiger partial charge < -0.3 is 15.0 Å². The summed E-state index contributed by atoms with van der Waals surface area (Å²) in [7, 11) is 0. The molecule has 0 spiro atoms. The van der Waals surface area contributed by atoms with Crippen LogP contribution in [0.2, 0.25) is 0 Å². The zero-order valence-electron chi connectivity index (χ0n) is 11.1. The number of benzene rings is 1. The van der Waals surface area contributed by atoms with Gasteiger partial charge in [0.2, 0.25) is 0 Å². The van der Waals surface area contributed by atoms with Crippen molar-refractivity contribution in [3.05, 3.63) is 29.8 Å². The van der Waals surface area contributed by atoms with Crippen LogP contribution in [0.5, 0.6) is 0 Å². The maximum Gasteiger partial charge on any atom is 0.322 e. The van der Waals surface area contributed by atoms with Crippen molar-refractivity contribution in [2.24, 2.45) is 0 Å². The molecular weight excluding hydrogens is 228 g/mol. The Morgan fingerprint density at radius 1 is 1.33 bits per heavy atom. The van der Waals surface area contributed by atoms with Crippen LogP contribution in [0.1, 0.15) is 19.4 Å². The molecule has 4 nitrogen and oxygen atoms in total. The average Bonchev–Trinajstić information content (AvgIpc) is 2.27. The highest BCUT2D eigenvalue weighted by Gasteiger charge is 2.25. The lowest BCUT2D eigenvalue weighted by molar-refractivity contribution is -0.0530. The molecule has 18 heavy (non-hydrogen) atoms. The van der Waals surface area contributed by atoms with Gasteiger partial charge in [0.05, 0.1) is 12.2 Å². The van der Waals surface area contributed by atoms with E-state index in [0.29, 0.717) is 13.1 Å². The molecular formula is C14H20N2O2. The Morgan fingerprint density at radius 2 is 2.00 bits per heavy atom. The maximum absolute atomic E-state index is 12.1. The molecule has 1 aromatic carbocycles. The van der Waals surface area contributed by atoms with Crippen molar-refractivity contribution in [1.29, 1.82) is 0 Å². The van der Waals surface area contributed by atoms with Gasteiger partial charge in [-0.1, -0.05) is 12.1 Å². The summed E-state index contributed by atoms with van der Waals surface area (Å²) in [6.45, 7) is 7.27. The van der Waals surface area contributed by atoms with E-state index < -0.39 is 0 Å². The lowest BCUT2D eigenvalue weighted by Gasteiger charge is -2.35. The third-order valence-corrected chi connectivity index (χ3v) is 2.98. The van der Waals surface area contributed by atoms with Gasteiger partial charge in [-0.25, -0.2) is 4.79 Å². The Bertz CT molecular complexity index is 424. The number of ether oxygens (including phenoxy) is 1. The van der Waals surface area contributed by atoms with Crippen molar-refractivity contribution in [3.8, 4) is 0 Å². The monoisotopic (exact) mass is 248 g/mol. The van der Waals surface area contributed by atoms with Gasteiger partial charge in [-0.05, 0) is 38.5 Å². The molecule has 1 aromatic rings. The maximum atomic E-state index is 12.1. The van der Waals surface area contributed by atoms with E-state index in [9.17, 15) is 4.79 Å². The number of nitrogens with zero attached hydrogens (tertiary/aromatic N) is 1. The Kier molecular flexibility index (Phi) is 3.87. The van der Waals surface area contributed by atoms with Crippen molar-refractivity contribution in [2.45, 2.75) is 33.0 Å². The second kappa shape index (κ2) is 5.40. The Hall–Kier alpha value is -1.55. The zero-order valence-corrected chi connectivity index (χ0v) is 11.1. The van der Waals surface area contributed by atoms with Crippen LogP contribution in [0.25, 0.3) is 0 Å². The number of anilines is 1. The quantitative estimate of drug-likeness (QED) is 0.830. The fraction of sp³-hybridized carbons (Fsp3) is 0.500. The highest BCUT2D eigenvalue weighted by Crippen LogP contribution is 2.14. The molecule has 2 amide bonds. The summed E-state index contributed by atoms with van der Waals surface area (Å²) in [5, 5.41) is 2.92. The van der Waals surface area contributed by atoms with Gasteiger partial charge in [-0.3, -0.25) is 0 Å². The molecule has 1 heterocycles.